The monoisotopic (exact) mass is 322 g/mol. The van der Waals surface area contributed by atoms with Gasteiger partial charge in [-0.05, 0) is 36.8 Å². The summed E-state index contributed by atoms with van der Waals surface area (Å²) >= 11 is 11.8. The van der Waals surface area contributed by atoms with Crippen molar-refractivity contribution in [1.82, 2.24) is 10.4 Å². The third-order valence-corrected chi connectivity index (χ3v) is 3.34. The third-order valence-electron chi connectivity index (χ3n) is 2.60. The van der Waals surface area contributed by atoms with E-state index in [0.717, 1.165) is 5.56 Å². The number of pyridine rings is 1. The van der Waals surface area contributed by atoms with Crippen molar-refractivity contribution in [2.45, 2.75) is 6.92 Å². The Morgan fingerprint density at radius 2 is 1.86 bits per heavy atom. The smallest absolute Gasteiger partial charge is 0.306 e. The van der Waals surface area contributed by atoms with Crippen molar-refractivity contribution in [3.63, 3.8) is 0 Å². The fourth-order valence-electron chi connectivity index (χ4n) is 1.51. The van der Waals surface area contributed by atoms with Crippen molar-refractivity contribution >= 4 is 40.6 Å². The van der Waals surface area contributed by atoms with E-state index < -0.39 is 6.03 Å². The quantitative estimate of drug-likeness (QED) is 0.664. The van der Waals surface area contributed by atoms with E-state index in [1.54, 1.807) is 49.6 Å². The first kappa shape index (κ1) is 15.3. The van der Waals surface area contributed by atoms with Gasteiger partial charge in [0.05, 0.1) is 15.8 Å². The zero-order chi connectivity index (χ0) is 15.2. The summed E-state index contributed by atoms with van der Waals surface area (Å²) in [5.41, 5.74) is 4.42. The number of carbonyl (C=O) groups is 1. The summed E-state index contributed by atoms with van der Waals surface area (Å²) in [5.74, 6) is 0. The third kappa shape index (κ3) is 4.44. The Balaban J connectivity index is 1.99. The minimum Gasteiger partial charge on any atom is -0.306 e. The van der Waals surface area contributed by atoms with Crippen LogP contribution in [0.2, 0.25) is 10.0 Å². The van der Waals surface area contributed by atoms with Crippen molar-refractivity contribution in [1.29, 1.82) is 0 Å². The minimum absolute atomic E-state index is 0.435. The average Bonchev–Trinajstić information content (AvgIpc) is 2.48. The number of nitrogens with zero attached hydrogens (tertiary/aromatic N) is 2. The Kier molecular flexibility index (Phi) is 5.14. The van der Waals surface area contributed by atoms with Gasteiger partial charge in [-0.2, -0.15) is 5.10 Å². The van der Waals surface area contributed by atoms with Crippen LogP contribution >= 0.6 is 23.2 Å². The molecule has 5 nitrogen and oxygen atoms in total. The van der Waals surface area contributed by atoms with E-state index in [0.29, 0.717) is 21.4 Å². The van der Waals surface area contributed by atoms with E-state index in [2.05, 4.69) is 20.8 Å². The molecule has 108 valence electrons. The van der Waals surface area contributed by atoms with Gasteiger partial charge in [0.15, 0.2) is 0 Å². The lowest BCUT2D eigenvalue weighted by atomic mass is 10.1. The first-order chi connectivity index (χ1) is 10.1. The molecule has 0 spiro atoms. The zero-order valence-electron chi connectivity index (χ0n) is 11.1. The number of amides is 2. The summed E-state index contributed by atoms with van der Waals surface area (Å²) < 4.78 is 0. The second-order valence-corrected chi connectivity index (χ2v) is 4.94. The molecule has 1 heterocycles. The van der Waals surface area contributed by atoms with E-state index in [4.69, 9.17) is 23.2 Å². The summed E-state index contributed by atoms with van der Waals surface area (Å²) in [6.45, 7) is 1.76. The van der Waals surface area contributed by atoms with Crippen molar-refractivity contribution in [2.75, 3.05) is 5.32 Å². The molecule has 0 bridgehead atoms. The second-order valence-electron chi connectivity index (χ2n) is 4.13. The highest BCUT2D eigenvalue weighted by Gasteiger charge is 2.04. The highest BCUT2D eigenvalue weighted by molar-refractivity contribution is 6.42. The summed E-state index contributed by atoms with van der Waals surface area (Å²) in [4.78, 5) is 15.5. The molecule has 0 unspecified atom stereocenters. The Labute approximate surface area is 132 Å². The van der Waals surface area contributed by atoms with Crippen molar-refractivity contribution in [2.24, 2.45) is 5.10 Å². The van der Waals surface area contributed by atoms with E-state index in [1.165, 1.54) is 0 Å². The van der Waals surface area contributed by atoms with Crippen LogP contribution in [0.5, 0.6) is 0 Å². The molecule has 0 atom stereocenters. The van der Waals surface area contributed by atoms with Crippen LogP contribution in [0.15, 0.2) is 47.8 Å². The van der Waals surface area contributed by atoms with Gasteiger partial charge in [0.1, 0.15) is 0 Å². The number of nitrogens with one attached hydrogen (secondary N) is 2. The van der Waals surface area contributed by atoms with Crippen molar-refractivity contribution in [3.8, 4) is 0 Å². The van der Waals surface area contributed by atoms with Gasteiger partial charge < -0.3 is 5.32 Å². The fourth-order valence-corrected chi connectivity index (χ4v) is 1.81. The van der Waals surface area contributed by atoms with Crippen molar-refractivity contribution in [3.05, 3.63) is 58.3 Å². The van der Waals surface area contributed by atoms with Crippen LogP contribution in [0, 0.1) is 0 Å². The molecular formula is C14H12Cl2N4O. The first-order valence-electron chi connectivity index (χ1n) is 6.03. The molecule has 7 heteroatoms. The topological polar surface area (TPSA) is 66.4 Å². The minimum atomic E-state index is -0.444. The molecule has 21 heavy (non-hydrogen) atoms. The number of hydrogen-bond donors (Lipinski definition) is 2. The molecule has 0 aliphatic carbocycles. The SMILES string of the molecule is C/C(=N/NC(=O)Nc1ccncc1)c1ccc(Cl)c(Cl)c1. The molecule has 2 N–H and O–H groups in total. The number of halogens is 2. The summed E-state index contributed by atoms with van der Waals surface area (Å²) in [6, 6.07) is 8.04. The molecule has 2 amide bonds. The number of aromatic nitrogens is 1. The average molecular weight is 323 g/mol. The summed E-state index contributed by atoms with van der Waals surface area (Å²) in [5, 5.41) is 7.53. The molecule has 0 aliphatic heterocycles. The lowest BCUT2D eigenvalue weighted by Crippen LogP contribution is -2.25. The first-order valence-corrected chi connectivity index (χ1v) is 6.78. The Hall–Kier alpha value is -2.11. The predicted molar refractivity (Wildman–Crippen MR) is 85.1 cm³/mol. The molecule has 0 saturated heterocycles. The van der Waals surface area contributed by atoms with Crippen LogP contribution in [0.3, 0.4) is 0 Å². The van der Waals surface area contributed by atoms with Gasteiger partial charge in [0, 0.05) is 18.1 Å². The van der Waals surface area contributed by atoms with E-state index >= 15 is 0 Å². The van der Waals surface area contributed by atoms with Gasteiger partial charge in [0.25, 0.3) is 0 Å². The van der Waals surface area contributed by atoms with Crippen LogP contribution in [0.1, 0.15) is 12.5 Å². The standard InChI is InChI=1S/C14H12Cl2N4O/c1-9(10-2-3-12(15)13(16)8-10)19-20-14(21)18-11-4-6-17-7-5-11/h2-8H,1H3,(H2,17,18,20,21)/b19-9-. The highest BCUT2D eigenvalue weighted by Crippen LogP contribution is 2.22. The van der Waals surface area contributed by atoms with Gasteiger partial charge in [0.2, 0.25) is 0 Å². The van der Waals surface area contributed by atoms with Gasteiger partial charge in [-0.3, -0.25) is 4.98 Å². The second kappa shape index (κ2) is 7.06. The molecule has 2 aromatic rings. The molecule has 0 saturated carbocycles. The number of hydrogen-bond acceptors (Lipinski definition) is 3. The zero-order valence-corrected chi connectivity index (χ0v) is 12.6. The Bertz CT molecular complexity index is 674. The predicted octanol–water partition coefficient (Wildman–Crippen LogP) is 3.93. The maximum atomic E-state index is 11.7. The number of benzene rings is 1. The molecule has 2 rings (SSSR count). The van der Waals surface area contributed by atoms with E-state index in [1.807, 2.05) is 0 Å². The molecule has 0 aliphatic rings. The highest BCUT2D eigenvalue weighted by atomic mass is 35.5. The largest absolute Gasteiger partial charge is 0.339 e. The van der Waals surface area contributed by atoms with Crippen LogP contribution in [0.4, 0.5) is 10.5 Å². The van der Waals surface area contributed by atoms with Gasteiger partial charge in [-0.15, -0.1) is 0 Å². The van der Waals surface area contributed by atoms with E-state index in [9.17, 15) is 4.79 Å². The van der Waals surface area contributed by atoms with E-state index in [-0.39, 0.29) is 0 Å². The summed E-state index contributed by atoms with van der Waals surface area (Å²) in [6.07, 6.45) is 3.17. The van der Waals surface area contributed by atoms with Crippen LogP contribution < -0.4 is 10.7 Å². The number of hydrazone groups is 1. The maximum Gasteiger partial charge on any atom is 0.339 e. The fraction of sp³-hybridized carbons (Fsp3) is 0.0714. The Morgan fingerprint density at radius 3 is 2.52 bits per heavy atom. The van der Waals surface area contributed by atoms with Crippen LogP contribution in [0.25, 0.3) is 0 Å². The molecule has 1 aromatic carbocycles. The van der Waals surface area contributed by atoms with Gasteiger partial charge in [-0.1, -0.05) is 29.3 Å². The number of carbonyl (C=O) groups excluding carboxylic acids is 1. The van der Waals surface area contributed by atoms with Crippen LogP contribution in [-0.2, 0) is 0 Å². The molecule has 1 aromatic heterocycles. The number of urea groups is 1. The molecular weight excluding hydrogens is 311 g/mol. The maximum absolute atomic E-state index is 11.7. The normalized spacial score (nSPS) is 11.1. The lowest BCUT2D eigenvalue weighted by Gasteiger charge is -2.05. The Morgan fingerprint density at radius 1 is 1.14 bits per heavy atom. The summed E-state index contributed by atoms with van der Waals surface area (Å²) in [7, 11) is 0. The van der Waals surface area contributed by atoms with Gasteiger partial charge >= 0.3 is 6.03 Å². The van der Waals surface area contributed by atoms with Crippen molar-refractivity contribution < 1.29 is 4.79 Å². The number of rotatable bonds is 3. The van der Waals surface area contributed by atoms with Crippen LogP contribution in [-0.4, -0.2) is 16.7 Å². The molecule has 0 radical (unpaired) electrons. The number of anilines is 1. The van der Waals surface area contributed by atoms with Gasteiger partial charge in [-0.25, -0.2) is 10.2 Å². The lowest BCUT2D eigenvalue weighted by molar-refractivity contribution is 0.252. The molecule has 0 fully saturated rings.